The lowest BCUT2D eigenvalue weighted by molar-refractivity contribution is -0.142. The molecule has 3 aromatic rings. The summed E-state index contributed by atoms with van der Waals surface area (Å²) in [4.78, 5) is 8.78. The zero-order valence-electron chi connectivity index (χ0n) is 17.7. The van der Waals surface area contributed by atoms with E-state index in [0.29, 0.717) is 29.1 Å². The van der Waals surface area contributed by atoms with Crippen molar-refractivity contribution in [2.24, 2.45) is 17.8 Å². The maximum absolute atomic E-state index is 14.2. The first kappa shape index (κ1) is 20.0. The van der Waals surface area contributed by atoms with E-state index >= 15 is 0 Å². The number of benzene rings is 2. The zero-order valence-corrected chi connectivity index (χ0v) is 17.7. The molecule has 1 aromatic heterocycles. The normalized spacial score (nSPS) is 29.0. The number of aromatic nitrogens is 2. The molecule has 4 aliphatic rings. The van der Waals surface area contributed by atoms with Gasteiger partial charge in [-0.1, -0.05) is 30.3 Å². The van der Waals surface area contributed by atoms with Crippen LogP contribution in [0.2, 0.25) is 0 Å². The predicted octanol–water partition coefficient (Wildman–Crippen LogP) is 6.41. The van der Waals surface area contributed by atoms with Crippen LogP contribution < -0.4 is 0 Å². The van der Waals surface area contributed by atoms with E-state index in [-0.39, 0.29) is 23.1 Å². The summed E-state index contributed by atoms with van der Waals surface area (Å²) in [6.45, 7) is 0. The monoisotopic (exact) mass is 438 g/mol. The Hall–Kier alpha value is -2.63. The number of nitrogens with zero attached hydrogens (tertiary/aromatic N) is 2. The van der Waals surface area contributed by atoms with Crippen LogP contribution in [0.3, 0.4) is 0 Å². The molecule has 3 nitrogen and oxygen atoms in total. The lowest BCUT2D eigenvalue weighted by Gasteiger charge is -2.56. The Morgan fingerprint density at radius 1 is 0.938 bits per heavy atom. The Kier molecular flexibility index (Phi) is 4.33. The van der Waals surface area contributed by atoms with Gasteiger partial charge in [-0.3, -0.25) is 0 Å². The van der Waals surface area contributed by atoms with Crippen LogP contribution in [0, 0.1) is 17.8 Å². The van der Waals surface area contributed by atoms with E-state index in [4.69, 9.17) is 0 Å². The zero-order chi connectivity index (χ0) is 22.1. The minimum absolute atomic E-state index is 0.0117. The van der Waals surface area contributed by atoms with Gasteiger partial charge in [0.2, 0.25) is 0 Å². The second-order valence-electron chi connectivity index (χ2n) is 10.2. The third-order valence-corrected chi connectivity index (χ3v) is 8.03. The van der Waals surface area contributed by atoms with Crippen molar-refractivity contribution in [1.29, 1.82) is 0 Å². The van der Waals surface area contributed by atoms with Gasteiger partial charge in [-0.05, 0) is 73.1 Å². The Bertz CT molecular complexity index is 1170. The predicted molar refractivity (Wildman–Crippen MR) is 115 cm³/mol. The molecule has 166 valence electrons. The van der Waals surface area contributed by atoms with Gasteiger partial charge in [-0.2, -0.15) is 13.2 Å². The fourth-order valence-corrected chi connectivity index (χ4v) is 7.12. The standard InChI is InChI=1S/C26H25F3N2O/c27-26(28,29)23-19(10-21-20-4-2-1-3-18(20)5-6-22(21)32)14-30-24(31-23)25-11-15-7-16(12-25)9-17(8-15)13-25/h1-6,14-17,32H,7-13H2. The highest BCUT2D eigenvalue weighted by Crippen LogP contribution is 2.60. The number of rotatable bonds is 3. The molecule has 4 fully saturated rings. The molecule has 0 aliphatic heterocycles. The molecule has 0 unspecified atom stereocenters. The maximum atomic E-state index is 14.2. The molecule has 6 heteroatoms. The van der Waals surface area contributed by atoms with Crippen molar-refractivity contribution in [2.45, 2.75) is 56.5 Å². The number of phenols is 1. The minimum Gasteiger partial charge on any atom is -0.508 e. The average Bonchev–Trinajstić information content (AvgIpc) is 2.74. The minimum atomic E-state index is -4.57. The van der Waals surface area contributed by atoms with Crippen molar-refractivity contribution >= 4 is 10.8 Å². The molecule has 0 radical (unpaired) electrons. The summed E-state index contributed by atoms with van der Waals surface area (Å²) in [5.74, 6) is 2.18. The number of alkyl halides is 3. The Morgan fingerprint density at radius 2 is 1.59 bits per heavy atom. The van der Waals surface area contributed by atoms with Gasteiger partial charge < -0.3 is 5.11 Å². The van der Waals surface area contributed by atoms with Crippen LogP contribution in [-0.4, -0.2) is 15.1 Å². The van der Waals surface area contributed by atoms with Gasteiger partial charge in [0.15, 0.2) is 5.69 Å². The number of phenolic OH excluding ortho intramolecular Hbond substituents is 1. The van der Waals surface area contributed by atoms with Gasteiger partial charge in [0, 0.05) is 29.2 Å². The van der Waals surface area contributed by atoms with Gasteiger partial charge in [-0.25, -0.2) is 9.97 Å². The second kappa shape index (κ2) is 6.93. The highest BCUT2D eigenvalue weighted by atomic mass is 19.4. The molecule has 0 saturated heterocycles. The van der Waals surface area contributed by atoms with E-state index < -0.39 is 11.9 Å². The van der Waals surface area contributed by atoms with E-state index in [1.54, 1.807) is 6.07 Å². The first-order valence-electron chi connectivity index (χ1n) is 11.4. The van der Waals surface area contributed by atoms with Crippen LogP contribution in [0.4, 0.5) is 13.2 Å². The molecule has 1 heterocycles. The van der Waals surface area contributed by atoms with E-state index in [2.05, 4.69) is 9.97 Å². The molecule has 1 N–H and O–H groups in total. The summed E-state index contributed by atoms with van der Waals surface area (Å²) in [7, 11) is 0. The molecule has 4 bridgehead atoms. The van der Waals surface area contributed by atoms with Crippen molar-refractivity contribution in [3.05, 3.63) is 65.2 Å². The van der Waals surface area contributed by atoms with Crippen LogP contribution in [0.15, 0.2) is 42.6 Å². The van der Waals surface area contributed by atoms with Crippen molar-refractivity contribution in [3.8, 4) is 5.75 Å². The summed E-state index contributed by atoms with van der Waals surface area (Å²) in [5.41, 5.74) is -0.669. The third-order valence-electron chi connectivity index (χ3n) is 8.03. The third kappa shape index (κ3) is 3.18. The summed E-state index contributed by atoms with van der Waals surface area (Å²) in [6, 6.07) is 10.7. The molecule has 4 aliphatic carbocycles. The van der Waals surface area contributed by atoms with Crippen molar-refractivity contribution in [2.75, 3.05) is 0 Å². The molecular weight excluding hydrogens is 413 g/mol. The fourth-order valence-electron chi connectivity index (χ4n) is 7.12. The van der Waals surface area contributed by atoms with Crippen LogP contribution in [0.1, 0.15) is 61.2 Å². The van der Waals surface area contributed by atoms with Crippen molar-refractivity contribution < 1.29 is 18.3 Å². The summed E-state index contributed by atoms with van der Waals surface area (Å²) in [5, 5.41) is 12.1. The molecule has 0 amide bonds. The number of hydrogen-bond acceptors (Lipinski definition) is 3. The number of fused-ring (bicyclic) bond motifs is 1. The maximum Gasteiger partial charge on any atom is 0.433 e. The lowest BCUT2D eigenvalue weighted by atomic mass is 9.49. The number of aromatic hydroxyl groups is 1. The Morgan fingerprint density at radius 3 is 2.25 bits per heavy atom. The smallest absolute Gasteiger partial charge is 0.433 e. The van der Waals surface area contributed by atoms with Gasteiger partial charge >= 0.3 is 6.18 Å². The van der Waals surface area contributed by atoms with E-state index in [9.17, 15) is 18.3 Å². The summed E-state index contributed by atoms with van der Waals surface area (Å²) >= 11 is 0. The average molecular weight is 438 g/mol. The molecular formula is C26H25F3N2O. The van der Waals surface area contributed by atoms with Crippen molar-refractivity contribution in [3.63, 3.8) is 0 Å². The molecule has 2 aromatic carbocycles. The van der Waals surface area contributed by atoms with E-state index in [0.717, 1.165) is 30.0 Å². The number of hydrogen-bond donors (Lipinski definition) is 1. The van der Waals surface area contributed by atoms with E-state index in [1.165, 1.54) is 31.5 Å². The van der Waals surface area contributed by atoms with Gasteiger partial charge in [0.25, 0.3) is 0 Å². The van der Waals surface area contributed by atoms with Crippen molar-refractivity contribution in [1.82, 2.24) is 9.97 Å². The molecule has 32 heavy (non-hydrogen) atoms. The van der Waals surface area contributed by atoms with Crippen LogP contribution in [0.25, 0.3) is 10.8 Å². The fraction of sp³-hybridized carbons (Fsp3) is 0.462. The SMILES string of the molecule is Oc1ccc2ccccc2c1Cc1cnc(C23CC4CC(CC(C4)C2)C3)nc1C(F)(F)F. The van der Waals surface area contributed by atoms with Crippen LogP contribution >= 0.6 is 0 Å². The highest BCUT2D eigenvalue weighted by Gasteiger charge is 2.53. The summed E-state index contributed by atoms with van der Waals surface area (Å²) in [6.07, 6.45) is 3.11. The Balaban J connectivity index is 1.43. The van der Waals surface area contributed by atoms with Gasteiger partial charge in [0.1, 0.15) is 11.6 Å². The second-order valence-corrected chi connectivity index (χ2v) is 10.2. The highest BCUT2D eigenvalue weighted by molar-refractivity contribution is 5.88. The topological polar surface area (TPSA) is 46.0 Å². The van der Waals surface area contributed by atoms with Gasteiger partial charge in [-0.15, -0.1) is 0 Å². The first-order valence-corrected chi connectivity index (χ1v) is 11.4. The first-order chi connectivity index (χ1) is 15.3. The summed E-state index contributed by atoms with van der Waals surface area (Å²) < 4.78 is 42.5. The Labute approximate surface area is 184 Å². The largest absolute Gasteiger partial charge is 0.508 e. The van der Waals surface area contributed by atoms with Crippen LogP contribution in [-0.2, 0) is 18.0 Å². The molecule has 7 rings (SSSR count). The number of halogens is 3. The van der Waals surface area contributed by atoms with Gasteiger partial charge in [0.05, 0.1) is 0 Å². The lowest BCUT2D eigenvalue weighted by Crippen LogP contribution is -2.49. The van der Waals surface area contributed by atoms with E-state index in [1.807, 2.05) is 24.3 Å². The molecule has 0 spiro atoms. The molecule has 4 saturated carbocycles. The quantitative estimate of drug-likeness (QED) is 0.514. The molecule has 0 atom stereocenters. The van der Waals surface area contributed by atoms with Crippen LogP contribution in [0.5, 0.6) is 5.75 Å².